The molecule has 3 aliphatic rings. The maximum atomic E-state index is 15.0. The first kappa shape index (κ1) is 25.2. The molecule has 0 aromatic heterocycles. The molecule has 0 radical (unpaired) electrons. The van der Waals surface area contributed by atoms with E-state index in [1.54, 1.807) is 6.07 Å². The van der Waals surface area contributed by atoms with Gasteiger partial charge in [0, 0.05) is 11.0 Å². The van der Waals surface area contributed by atoms with E-state index in [1.165, 1.54) is 24.0 Å². The van der Waals surface area contributed by atoms with Crippen molar-refractivity contribution in [1.82, 2.24) is 0 Å². The largest absolute Gasteiger partial charge is 0.489 e. The molecule has 2 saturated carbocycles. The number of carbonyl (C=O) groups is 1. The summed E-state index contributed by atoms with van der Waals surface area (Å²) in [7, 11) is 0. The van der Waals surface area contributed by atoms with E-state index in [9.17, 15) is 9.90 Å². The smallest absolute Gasteiger partial charge is 0.307 e. The summed E-state index contributed by atoms with van der Waals surface area (Å²) in [5, 5.41) is 9.73. The van der Waals surface area contributed by atoms with Crippen LogP contribution in [0.3, 0.4) is 0 Å². The van der Waals surface area contributed by atoms with Crippen molar-refractivity contribution in [3.8, 4) is 16.9 Å². The van der Waals surface area contributed by atoms with Gasteiger partial charge in [0.1, 0.15) is 18.2 Å². The second-order valence-electron chi connectivity index (χ2n) is 12.6. The molecule has 4 atom stereocenters. The second kappa shape index (κ2) is 8.97. The minimum atomic E-state index is -0.691. The molecule has 3 aromatic carbocycles. The zero-order valence-electron chi connectivity index (χ0n) is 22.8. The number of halogens is 1. The first-order valence-corrected chi connectivity index (χ1v) is 14.0. The maximum Gasteiger partial charge on any atom is 0.307 e. The zero-order chi connectivity index (χ0) is 26.8. The molecule has 0 unspecified atom stereocenters. The maximum absolute atomic E-state index is 15.0. The molecule has 0 amide bonds. The summed E-state index contributed by atoms with van der Waals surface area (Å²) in [5.74, 6) is 0.127. The van der Waals surface area contributed by atoms with Crippen molar-refractivity contribution >= 4 is 5.97 Å². The molecule has 0 aliphatic heterocycles. The van der Waals surface area contributed by atoms with Gasteiger partial charge in [-0.3, -0.25) is 4.79 Å². The van der Waals surface area contributed by atoms with Crippen LogP contribution in [0.25, 0.3) is 11.1 Å². The predicted octanol–water partition coefficient (Wildman–Crippen LogP) is 8.21. The van der Waals surface area contributed by atoms with Crippen molar-refractivity contribution in [2.75, 3.05) is 0 Å². The van der Waals surface area contributed by atoms with Crippen LogP contribution in [0.15, 0.2) is 54.6 Å². The normalized spacial score (nSPS) is 26.9. The number of carboxylic acids is 1. The highest BCUT2D eigenvalue weighted by Gasteiger charge is 2.68. The van der Waals surface area contributed by atoms with Crippen LogP contribution in [0.4, 0.5) is 4.39 Å². The number of benzene rings is 3. The molecule has 0 saturated heterocycles. The summed E-state index contributed by atoms with van der Waals surface area (Å²) >= 11 is 0. The third-order valence-electron chi connectivity index (χ3n) is 9.98. The van der Waals surface area contributed by atoms with Gasteiger partial charge in [0.2, 0.25) is 0 Å². The molecule has 0 bridgehead atoms. The molecule has 198 valence electrons. The lowest BCUT2D eigenvalue weighted by atomic mass is 9.75. The summed E-state index contributed by atoms with van der Waals surface area (Å²) < 4.78 is 21.3. The third kappa shape index (κ3) is 3.95. The molecule has 1 spiro atoms. The van der Waals surface area contributed by atoms with E-state index in [2.05, 4.69) is 51.1 Å². The van der Waals surface area contributed by atoms with E-state index in [1.807, 2.05) is 25.1 Å². The minimum absolute atomic E-state index is 0.156. The highest BCUT2D eigenvalue weighted by molar-refractivity contribution is 5.79. The lowest BCUT2D eigenvalue weighted by Crippen LogP contribution is -2.17. The monoisotopic (exact) mass is 512 g/mol. The van der Waals surface area contributed by atoms with Crippen LogP contribution in [-0.2, 0) is 23.2 Å². The fourth-order valence-corrected chi connectivity index (χ4v) is 7.78. The Morgan fingerprint density at radius 1 is 1.05 bits per heavy atom. The number of hydrogen-bond acceptors (Lipinski definition) is 2. The fourth-order valence-electron chi connectivity index (χ4n) is 7.78. The molecule has 4 heteroatoms. The van der Waals surface area contributed by atoms with E-state index in [-0.39, 0.29) is 28.5 Å². The van der Waals surface area contributed by atoms with Gasteiger partial charge in [0.15, 0.2) is 0 Å². The average Bonchev–Trinajstić information content (AvgIpc) is 3.11. The molecular formula is C34H37FO3. The number of carboxylic acid groups (broad SMARTS) is 1. The topological polar surface area (TPSA) is 46.5 Å². The van der Waals surface area contributed by atoms with Crippen LogP contribution in [0.2, 0.25) is 0 Å². The van der Waals surface area contributed by atoms with Gasteiger partial charge < -0.3 is 9.84 Å². The molecule has 2 fully saturated rings. The minimum Gasteiger partial charge on any atom is -0.489 e. The Balaban J connectivity index is 1.30. The Labute approximate surface area is 225 Å². The molecule has 1 N–H and O–H groups in total. The standard InChI is InChI=1S/C34H37FO3/c1-20-7-12-30(35)27(16-20)25-11-8-22(17-26(25)28-6-5-14-33(28,3)4)19-38-24-10-9-23-13-15-34(29(23)18-24)21(2)31(34)32(36)37/h7-12,16-18,21,28,31H,5-6,13-15,19H2,1-4H3,(H,36,37)/t21-,28-,31-,34-/m1/s1. The highest BCUT2D eigenvalue weighted by atomic mass is 19.1. The van der Waals surface area contributed by atoms with E-state index in [0.717, 1.165) is 47.3 Å². The van der Waals surface area contributed by atoms with Crippen molar-refractivity contribution in [3.05, 3.63) is 88.2 Å². The first-order valence-electron chi connectivity index (χ1n) is 14.0. The molecule has 38 heavy (non-hydrogen) atoms. The second-order valence-corrected chi connectivity index (χ2v) is 12.6. The van der Waals surface area contributed by atoms with Crippen molar-refractivity contribution < 1.29 is 19.0 Å². The fraction of sp³-hybridized carbons (Fsp3) is 0.441. The number of aryl methyl sites for hydroxylation is 2. The molecule has 3 aromatic rings. The van der Waals surface area contributed by atoms with Gasteiger partial charge in [-0.1, -0.05) is 63.1 Å². The summed E-state index contributed by atoms with van der Waals surface area (Å²) in [6.45, 7) is 9.14. The summed E-state index contributed by atoms with van der Waals surface area (Å²) in [5.41, 5.74) is 7.32. The zero-order valence-corrected chi connectivity index (χ0v) is 22.8. The Morgan fingerprint density at radius 2 is 1.87 bits per heavy atom. The van der Waals surface area contributed by atoms with Crippen LogP contribution in [0, 0.1) is 30.0 Å². The van der Waals surface area contributed by atoms with Crippen LogP contribution >= 0.6 is 0 Å². The van der Waals surface area contributed by atoms with E-state index < -0.39 is 5.97 Å². The van der Waals surface area contributed by atoms with Gasteiger partial charge in [-0.05, 0) is 102 Å². The van der Waals surface area contributed by atoms with Gasteiger partial charge >= 0.3 is 5.97 Å². The highest BCUT2D eigenvalue weighted by Crippen LogP contribution is 2.66. The van der Waals surface area contributed by atoms with Gasteiger partial charge in [0.05, 0.1) is 5.92 Å². The third-order valence-corrected chi connectivity index (χ3v) is 9.98. The van der Waals surface area contributed by atoms with Gasteiger partial charge in [-0.15, -0.1) is 0 Å². The Morgan fingerprint density at radius 3 is 2.58 bits per heavy atom. The molecule has 0 heterocycles. The van der Waals surface area contributed by atoms with Crippen LogP contribution in [-0.4, -0.2) is 11.1 Å². The van der Waals surface area contributed by atoms with Crippen molar-refractivity contribution in [2.24, 2.45) is 17.3 Å². The van der Waals surface area contributed by atoms with Crippen molar-refractivity contribution in [3.63, 3.8) is 0 Å². The van der Waals surface area contributed by atoms with Gasteiger partial charge in [0.25, 0.3) is 0 Å². The SMILES string of the molecule is Cc1ccc(F)c(-c2ccc(COc3ccc4c(c3)[C@@]3(CC4)[C@H](C)[C@@H]3C(=O)O)cc2[C@H]2CCCC2(C)C)c1. The van der Waals surface area contributed by atoms with Crippen molar-refractivity contribution in [2.45, 2.75) is 77.7 Å². The molecular weight excluding hydrogens is 475 g/mol. The quantitative estimate of drug-likeness (QED) is 0.362. The summed E-state index contributed by atoms with van der Waals surface area (Å²) in [6, 6.07) is 17.9. The Bertz CT molecular complexity index is 1420. The number of fused-ring (bicyclic) bond motifs is 2. The Kier molecular flexibility index (Phi) is 5.93. The van der Waals surface area contributed by atoms with E-state index in [4.69, 9.17) is 4.74 Å². The van der Waals surface area contributed by atoms with Gasteiger partial charge in [-0.2, -0.15) is 0 Å². The van der Waals surface area contributed by atoms with Crippen LogP contribution < -0.4 is 4.74 Å². The number of aliphatic carboxylic acids is 1. The lowest BCUT2D eigenvalue weighted by molar-refractivity contribution is -0.139. The van der Waals surface area contributed by atoms with E-state index in [0.29, 0.717) is 18.1 Å². The molecule has 3 nitrogen and oxygen atoms in total. The number of hydrogen-bond donors (Lipinski definition) is 1. The summed E-state index contributed by atoms with van der Waals surface area (Å²) in [6.07, 6.45) is 5.29. The number of ether oxygens (including phenoxy) is 1. The van der Waals surface area contributed by atoms with Crippen LogP contribution in [0.5, 0.6) is 5.75 Å². The number of rotatable bonds is 6. The van der Waals surface area contributed by atoms with Crippen LogP contribution in [0.1, 0.15) is 80.2 Å². The van der Waals surface area contributed by atoms with E-state index >= 15 is 4.39 Å². The first-order chi connectivity index (χ1) is 18.1. The average molecular weight is 513 g/mol. The summed E-state index contributed by atoms with van der Waals surface area (Å²) in [4.78, 5) is 11.8. The lowest BCUT2D eigenvalue weighted by Gasteiger charge is -2.30. The predicted molar refractivity (Wildman–Crippen MR) is 148 cm³/mol. The van der Waals surface area contributed by atoms with Gasteiger partial charge in [-0.25, -0.2) is 4.39 Å². The Hall–Kier alpha value is -3.14. The molecule has 6 rings (SSSR count). The van der Waals surface area contributed by atoms with Crippen molar-refractivity contribution in [1.29, 1.82) is 0 Å². The molecule has 3 aliphatic carbocycles.